The van der Waals surface area contributed by atoms with Crippen LogP contribution in [0.4, 0.5) is 0 Å². The number of likely N-dealkylation sites (N-methyl/N-ethyl adjacent to an activating group) is 1. The summed E-state index contributed by atoms with van der Waals surface area (Å²) < 4.78 is 0. The Labute approximate surface area is 58.3 Å². The highest BCUT2D eigenvalue weighted by Crippen LogP contribution is 1.56. The van der Waals surface area contributed by atoms with E-state index in [0.29, 0.717) is 0 Å². The smallest absolute Gasteiger partial charge is 0.0555 e. The van der Waals surface area contributed by atoms with Crippen molar-refractivity contribution in [2.75, 3.05) is 19.7 Å². The zero-order valence-corrected chi connectivity index (χ0v) is 6.78. The van der Waals surface area contributed by atoms with Gasteiger partial charge in [-0.2, -0.15) is 0 Å². The van der Waals surface area contributed by atoms with Crippen molar-refractivity contribution in [1.82, 2.24) is 5.32 Å². The van der Waals surface area contributed by atoms with Gasteiger partial charge in [0.1, 0.15) is 0 Å². The highest BCUT2D eigenvalue weighted by molar-refractivity contribution is 4.35. The summed E-state index contributed by atoms with van der Waals surface area (Å²) in [7, 11) is 0. The van der Waals surface area contributed by atoms with E-state index in [4.69, 9.17) is 5.11 Å². The molecule has 0 radical (unpaired) electrons. The molecule has 0 aromatic heterocycles. The Kier molecular flexibility index (Phi) is 20.3. The quantitative estimate of drug-likeness (QED) is 0.563. The summed E-state index contributed by atoms with van der Waals surface area (Å²) >= 11 is 0. The molecule has 0 unspecified atom stereocenters. The van der Waals surface area contributed by atoms with Crippen molar-refractivity contribution in [3.05, 3.63) is 0 Å². The Balaban J connectivity index is 0. The molecule has 2 N–H and O–H groups in total. The average molecular weight is 133 g/mol. The second-order valence-corrected chi connectivity index (χ2v) is 1.78. The van der Waals surface area contributed by atoms with Crippen molar-refractivity contribution in [2.45, 2.75) is 27.2 Å². The largest absolute Gasteiger partial charge is 0.395 e. The number of hydrogen-bond acceptors (Lipinski definition) is 2. The predicted octanol–water partition coefficient (Wildman–Crippen LogP) is 1.00. The maximum absolute atomic E-state index is 8.13. The lowest BCUT2D eigenvalue weighted by Gasteiger charge is -1.91. The molecule has 0 heterocycles. The minimum Gasteiger partial charge on any atom is -0.395 e. The lowest BCUT2D eigenvalue weighted by atomic mass is 10.6. The third-order valence-electron chi connectivity index (χ3n) is 0.539. The van der Waals surface area contributed by atoms with Gasteiger partial charge in [0.05, 0.1) is 6.61 Å². The summed E-state index contributed by atoms with van der Waals surface area (Å²) in [5.41, 5.74) is 0. The molecule has 0 bridgehead atoms. The van der Waals surface area contributed by atoms with Crippen molar-refractivity contribution in [2.24, 2.45) is 0 Å². The molecule has 9 heavy (non-hydrogen) atoms. The van der Waals surface area contributed by atoms with Crippen molar-refractivity contribution in [1.29, 1.82) is 0 Å². The molecule has 0 fully saturated rings. The van der Waals surface area contributed by atoms with Gasteiger partial charge in [0.2, 0.25) is 0 Å². The molecular weight excluding hydrogens is 114 g/mol. The summed E-state index contributed by atoms with van der Waals surface area (Å²) in [6.45, 7) is 8.17. The number of rotatable bonds is 3. The van der Waals surface area contributed by atoms with Crippen molar-refractivity contribution in [3.63, 3.8) is 0 Å². The number of aliphatic hydroxyl groups is 1. The monoisotopic (exact) mass is 133 g/mol. The van der Waals surface area contributed by atoms with E-state index in [1.165, 1.54) is 6.42 Å². The zero-order valence-electron chi connectivity index (χ0n) is 6.78. The third-order valence-corrected chi connectivity index (χ3v) is 0.539. The molecular formula is C7H19NO. The topological polar surface area (TPSA) is 32.3 Å². The van der Waals surface area contributed by atoms with Gasteiger partial charge in [-0.25, -0.2) is 0 Å². The molecule has 58 valence electrons. The van der Waals surface area contributed by atoms with Gasteiger partial charge in [0.25, 0.3) is 0 Å². The molecule has 0 spiro atoms. The number of aliphatic hydroxyl groups excluding tert-OH is 1. The average Bonchev–Trinajstić information content (AvgIpc) is 1.86. The molecule has 0 aromatic carbocycles. The summed E-state index contributed by atoms with van der Waals surface area (Å²) in [4.78, 5) is 0. The van der Waals surface area contributed by atoms with Crippen LogP contribution in [0.1, 0.15) is 27.2 Å². The summed E-state index contributed by atoms with van der Waals surface area (Å²) in [6.07, 6.45) is 1.25. The normalized spacial score (nSPS) is 8.00. The standard InChI is InChI=1S/C4H11NO.C3H8/c1-2-5-3-4-6;1-3-2/h5-6H,2-4H2,1H3;3H2,1-2H3. The van der Waals surface area contributed by atoms with E-state index in [2.05, 4.69) is 19.2 Å². The Hall–Kier alpha value is -0.0800. The third kappa shape index (κ3) is 32.6. The van der Waals surface area contributed by atoms with Crippen LogP contribution < -0.4 is 5.32 Å². The van der Waals surface area contributed by atoms with E-state index in [-0.39, 0.29) is 6.61 Å². The molecule has 2 heteroatoms. The first-order chi connectivity index (χ1) is 4.33. The molecule has 0 rings (SSSR count). The van der Waals surface area contributed by atoms with Gasteiger partial charge in [0.15, 0.2) is 0 Å². The summed E-state index contributed by atoms with van der Waals surface area (Å²) in [5.74, 6) is 0. The first-order valence-corrected chi connectivity index (χ1v) is 3.64. The van der Waals surface area contributed by atoms with E-state index in [9.17, 15) is 0 Å². The maximum atomic E-state index is 8.13. The van der Waals surface area contributed by atoms with E-state index in [0.717, 1.165) is 13.1 Å². The molecule has 0 saturated heterocycles. The molecule has 0 aliphatic rings. The van der Waals surface area contributed by atoms with E-state index in [1.807, 2.05) is 6.92 Å². The lowest BCUT2D eigenvalue weighted by Crippen LogP contribution is -2.16. The van der Waals surface area contributed by atoms with Crippen LogP contribution in [0.2, 0.25) is 0 Å². The van der Waals surface area contributed by atoms with Crippen LogP contribution in [0.25, 0.3) is 0 Å². The lowest BCUT2D eigenvalue weighted by molar-refractivity contribution is 0.293. The second kappa shape index (κ2) is 15.7. The van der Waals surface area contributed by atoms with Gasteiger partial charge >= 0.3 is 0 Å². The van der Waals surface area contributed by atoms with Crippen LogP contribution in [0.5, 0.6) is 0 Å². The molecule has 2 nitrogen and oxygen atoms in total. The van der Waals surface area contributed by atoms with Gasteiger partial charge in [-0.3, -0.25) is 0 Å². The van der Waals surface area contributed by atoms with Crippen LogP contribution in [0, 0.1) is 0 Å². The molecule has 0 atom stereocenters. The van der Waals surface area contributed by atoms with Crippen LogP contribution >= 0.6 is 0 Å². The fourth-order valence-electron chi connectivity index (χ4n) is 0.256. The number of hydrogen-bond donors (Lipinski definition) is 2. The van der Waals surface area contributed by atoms with Crippen molar-refractivity contribution in [3.8, 4) is 0 Å². The molecule has 0 saturated carbocycles. The van der Waals surface area contributed by atoms with Crippen molar-refractivity contribution >= 4 is 0 Å². The highest BCUT2D eigenvalue weighted by atomic mass is 16.3. The van der Waals surface area contributed by atoms with Gasteiger partial charge in [-0.1, -0.05) is 27.2 Å². The van der Waals surface area contributed by atoms with Crippen LogP contribution in [-0.2, 0) is 0 Å². The molecule has 0 aliphatic heterocycles. The summed E-state index contributed by atoms with van der Waals surface area (Å²) in [6, 6.07) is 0. The minimum absolute atomic E-state index is 0.244. The fourth-order valence-corrected chi connectivity index (χ4v) is 0.256. The van der Waals surface area contributed by atoms with E-state index >= 15 is 0 Å². The minimum atomic E-state index is 0.244. The summed E-state index contributed by atoms with van der Waals surface area (Å²) in [5, 5.41) is 11.1. The van der Waals surface area contributed by atoms with Crippen LogP contribution in [-0.4, -0.2) is 24.8 Å². The predicted molar refractivity (Wildman–Crippen MR) is 41.6 cm³/mol. The Morgan fingerprint density at radius 2 is 1.67 bits per heavy atom. The Morgan fingerprint density at radius 3 is 1.78 bits per heavy atom. The van der Waals surface area contributed by atoms with E-state index < -0.39 is 0 Å². The SMILES string of the molecule is CCC.CCNCCO. The van der Waals surface area contributed by atoms with Gasteiger partial charge in [-0.15, -0.1) is 0 Å². The van der Waals surface area contributed by atoms with Crippen LogP contribution in [0.3, 0.4) is 0 Å². The Morgan fingerprint density at radius 1 is 1.22 bits per heavy atom. The number of nitrogens with one attached hydrogen (secondary N) is 1. The second-order valence-electron chi connectivity index (χ2n) is 1.78. The van der Waals surface area contributed by atoms with Gasteiger partial charge in [-0.05, 0) is 6.54 Å². The Bertz CT molecular complexity index is 28.1. The first kappa shape index (κ1) is 11.7. The molecule has 0 aliphatic carbocycles. The molecule has 0 amide bonds. The van der Waals surface area contributed by atoms with E-state index in [1.54, 1.807) is 0 Å². The van der Waals surface area contributed by atoms with Crippen molar-refractivity contribution < 1.29 is 5.11 Å². The van der Waals surface area contributed by atoms with Crippen LogP contribution in [0.15, 0.2) is 0 Å². The zero-order chi connectivity index (χ0) is 7.54. The van der Waals surface area contributed by atoms with Gasteiger partial charge < -0.3 is 10.4 Å². The van der Waals surface area contributed by atoms with Gasteiger partial charge in [0, 0.05) is 6.54 Å². The highest BCUT2D eigenvalue weighted by Gasteiger charge is 1.72. The molecule has 0 aromatic rings. The fraction of sp³-hybridized carbons (Fsp3) is 1.00. The maximum Gasteiger partial charge on any atom is 0.0555 e. The first-order valence-electron chi connectivity index (χ1n) is 3.64.